The van der Waals surface area contributed by atoms with Gasteiger partial charge in [0.2, 0.25) is 0 Å². The van der Waals surface area contributed by atoms with Crippen molar-refractivity contribution in [2.45, 2.75) is 31.8 Å². The fourth-order valence-corrected chi connectivity index (χ4v) is 2.35. The first-order valence-corrected chi connectivity index (χ1v) is 6.96. The minimum Gasteiger partial charge on any atom is -0.497 e. The zero-order valence-corrected chi connectivity index (χ0v) is 12.6. The Labute approximate surface area is 124 Å². The molecule has 21 heavy (non-hydrogen) atoms. The highest BCUT2D eigenvalue weighted by atomic mass is 16.5. The smallest absolute Gasteiger partial charge is 0.325 e. The predicted octanol–water partition coefficient (Wildman–Crippen LogP) is 1.20. The Balaban J connectivity index is 2.26. The maximum absolute atomic E-state index is 12.6. The topological polar surface area (TPSA) is 84.7 Å². The molecule has 2 atom stereocenters. The van der Waals surface area contributed by atoms with E-state index >= 15 is 0 Å². The number of hydrogen-bond donors (Lipinski definition) is 2. The molecule has 0 aromatic heterocycles. The third kappa shape index (κ3) is 2.71. The average molecular weight is 291 g/mol. The van der Waals surface area contributed by atoms with E-state index < -0.39 is 11.6 Å². The molecule has 1 aliphatic heterocycles. The Morgan fingerprint density at radius 1 is 1.33 bits per heavy atom. The number of rotatable bonds is 5. The van der Waals surface area contributed by atoms with Crippen LogP contribution in [0.3, 0.4) is 0 Å². The lowest BCUT2D eigenvalue weighted by Crippen LogP contribution is -2.43. The van der Waals surface area contributed by atoms with Gasteiger partial charge in [0.05, 0.1) is 7.11 Å². The molecule has 2 rings (SSSR count). The van der Waals surface area contributed by atoms with Gasteiger partial charge in [0.15, 0.2) is 0 Å². The van der Waals surface area contributed by atoms with Crippen molar-refractivity contribution in [2.24, 2.45) is 5.73 Å². The van der Waals surface area contributed by atoms with Gasteiger partial charge in [-0.25, -0.2) is 4.79 Å². The number of carbonyl (C=O) groups is 2. The molecule has 0 bridgehead atoms. The second-order valence-electron chi connectivity index (χ2n) is 5.37. The van der Waals surface area contributed by atoms with E-state index in [9.17, 15) is 9.59 Å². The Bertz CT molecular complexity index is 544. The Hall–Kier alpha value is -2.08. The number of nitrogens with one attached hydrogen (secondary N) is 1. The van der Waals surface area contributed by atoms with Crippen LogP contribution in [0.15, 0.2) is 24.3 Å². The molecule has 1 heterocycles. The third-order valence-corrected chi connectivity index (χ3v) is 3.88. The van der Waals surface area contributed by atoms with Crippen LogP contribution in [0.1, 0.15) is 25.8 Å². The van der Waals surface area contributed by atoms with Crippen molar-refractivity contribution in [1.29, 1.82) is 0 Å². The molecule has 1 saturated heterocycles. The first kappa shape index (κ1) is 15.3. The third-order valence-electron chi connectivity index (χ3n) is 3.88. The quantitative estimate of drug-likeness (QED) is 0.798. The van der Waals surface area contributed by atoms with E-state index in [1.165, 1.54) is 4.90 Å². The van der Waals surface area contributed by atoms with E-state index in [1.54, 1.807) is 38.3 Å². The van der Waals surface area contributed by atoms with Crippen LogP contribution in [-0.2, 0) is 10.3 Å². The second kappa shape index (κ2) is 5.73. The van der Waals surface area contributed by atoms with Crippen molar-refractivity contribution in [3.05, 3.63) is 29.8 Å². The maximum atomic E-state index is 12.6. The highest BCUT2D eigenvalue weighted by Gasteiger charge is 2.49. The summed E-state index contributed by atoms with van der Waals surface area (Å²) in [6, 6.07) is 6.47. The first-order chi connectivity index (χ1) is 9.92. The van der Waals surface area contributed by atoms with Crippen LogP contribution in [0.2, 0.25) is 0 Å². The molecule has 0 saturated carbocycles. The van der Waals surface area contributed by atoms with Gasteiger partial charge in [0, 0.05) is 12.6 Å². The highest BCUT2D eigenvalue weighted by Crippen LogP contribution is 2.30. The van der Waals surface area contributed by atoms with Gasteiger partial charge >= 0.3 is 6.03 Å². The normalized spacial score (nSPS) is 23.1. The zero-order valence-electron chi connectivity index (χ0n) is 12.6. The molecule has 3 N–H and O–H groups in total. The summed E-state index contributed by atoms with van der Waals surface area (Å²) in [5, 5.41) is 2.75. The van der Waals surface area contributed by atoms with E-state index in [0.29, 0.717) is 17.7 Å². The molecule has 6 nitrogen and oxygen atoms in total. The predicted molar refractivity (Wildman–Crippen MR) is 78.9 cm³/mol. The molecule has 1 aromatic rings. The van der Waals surface area contributed by atoms with Crippen LogP contribution in [0.25, 0.3) is 0 Å². The Kier molecular flexibility index (Phi) is 4.18. The van der Waals surface area contributed by atoms with Crippen LogP contribution in [0.5, 0.6) is 5.75 Å². The molecule has 0 spiro atoms. The summed E-state index contributed by atoms with van der Waals surface area (Å²) in [6.07, 6.45) is 0.705. The van der Waals surface area contributed by atoms with Gasteiger partial charge in [0.25, 0.3) is 5.91 Å². The lowest BCUT2D eigenvalue weighted by atomic mass is 9.92. The van der Waals surface area contributed by atoms with E-state index in [0.717, 1.165) is 0 Å². The molecule has 1 aliphatic rings. The average Bonchev–Trinajstić information content (AvgIpc) is 2.71. The standard InChI is InChI=1S/C15H21N3O3/c1-4-11(16)9-18-13(19)15(2,17-14(18)20)10-5-7-12(21-3)8-6-10/h5-8,11H,4,9,16H2,1-3H3,(H,17,20). The summed E-state index contributed by atoms with van der Waals surface area (Å²) < 4.78 is 5.10. The maximum Gasteiger partial charge on any atom is 0.325 e. The Morgan fingerprint density at radius 3 is 2.48 bits per heavy atom. The van der Waals surface area contributed by atoms with Crippen molar-refractivity contribution in [1.82, 2.24) is 10.2 Å². The summed E-state index contributed by atoms with van der Waals surface area (Å²) >= 11 is 0. The summed E-state index contributed by atoms with van der Waals surface area (Å²) in [7, 11) is 1.58. The minimum atomic E-state index is -1.06. The molecular formula is C15H21N3O3. The number of amides is 3. The summed E-state index contributed by atoms with van der Waals surface area (Å²) in [4.78, 5) is 25.9. The monoisotopic (exact) mass is 291 g/mol. The molecular weight excluding hydrogens is 270 g/mol. The number of methoxy groups -OCH3 is 1. The van der Waals surface area contributed by atoms with E-state index in [1.807, 2.05) is 6.92 Å². The molecule has 1 fully saturated rings. The van der Waals surface area contributed by atoms with Crippen LogP contribution in [-0.4, -0.2) is 36.5 Å². The van der Waals surface area contributed by atoms with Gasteiger partial charge in [0.1, 0.15) is 11.3 Å². The van der Waals surface area contributed by atoms with Crippen LogP contribution in [0, 0.1) is 0 Å². The SMILES string of the molecule is CCC(N)CN1C(=O)NC(C)(c2ccc(OC)cc2)C1=O. The molecule has 2 unspecified atom stereocenters. The number of ether oxygens (including phenoxy) is 1. The second-order valence-corrected chi connectivity index (χ2v) is 5.37. The molecule has 6 heteroatoms. The fraction of sp³-hybridized carbons (Fsp3) is 0.467. The van der Waals surface area contributed by atoms with Gasteiger partial charge < -0.3 is 15.8 Å². The fourth-order valence-electron chi connectivity index (χ4n) is 2.35. The minimum absolute atomic E-state index is 0.210. The number of urea groups is 1. The van der Waals surface area contributed by atoms with Gasteiger partial charge in [-0.15, -0.1) is 0 Å². The highest BCUT2D eigenvalue weighted by molar-refractivity contribution is 6.07. The number of hydrogen-bond acceptors (Lipinski definition) is 4. The summed E-state index contributed by atoms with van der Waals surface area (Å²) in [5.41, 5.74) is 5.51. The van der Waals surface area contributed by atoms with Crippen LogP contribution >= 0.6 is 0 Å². The number of benzene rings is 1. The van der Waals surface area contributed by atoms with Crippen molar-refractivity contribution in [3.63, 3.8) is 0 Å². The summed E-state index contributed by atoms with van der Waals surface area (Å²) in [6.45, 7) is 3.85. The molecule has 1 aromatic carbocycles. The van der Waals surface area contributed by atoms with Gasteiger partial charge in [-0.1, -0.05) is 19.1 Å². The molecule has 0 aliphatic carbocycles. The largest absolute Gasteiger partial charge is 0.497 e. The van der Waals surface area contributed by atoms with Gasteiger partial charge in [-0.05, 0) is 31.0 Å². The van der Waals surface area contributed by atoms with E-state index in [2.05, 4.69) is 5.32 Å². The summed E-state index contributed by atoms with van der Waals surface area (Å²) in [5.74, 6) is 0.422. The Morgan fingerprint density at radius 2 is 1.95 bits per heavy atom. The van der Waals surface area contributed by atoms with E-state index in [4.69, 9.17) is 10.5 Å². The van der Waals surface area contributed by atoms with Crippen LogP contribution < -0.4 is 15.8 Å². The molecule has 0 radical (unpaired) electrons. The van der Waals surface area contributed by atoms with Crippen molar-refractivity contribution >= 4 is 11.9 Å². The first-order valence-electron chi connectivity index (χ1n) is 6.96. The van der Waals surface area contributed by atoms with Crippen molar-refractivity contribution in [2.75, 3.05) is 13.7 Å². The molecule has 3 amide bonds. The van der Waals surface area contributed by atoms with Gasteiger partial charge in [-0.2, -0.15) is 0 Å². The number of nitrogens with two attached hydrogens (primary N) is 1. The number of nitrogens with zero attached hydrogens (tertiary/aromatic N) is 1. The van der Waals surface area contributed by atoms with Crippen molar-refractivity contribution in [3.8, 4) is 5.75 Å². The van der Waals surface area contributed by atoms with Crippen molar-refractivity contribution < 1.29 is 14.3 Å². The lowest BCUT2D eigenvalue weighted by molar-refractivity contribution is -0.131. The lowest BCUT2D eigenvalue weighted by Gasteiger charge is -2.23. The zero-order chi connectivity index (χ0) is 15.6. The van der Waals surface area contributed by atoms with E-state index in [-0.39, 0.29) is 18.5 Å². The van der Waals surface area contributed by atoms with Crippen LogP contribution in [0.4, 0.5) is 4.79 Å². The number of imide groups is 1. The number of carbonyl (C=O) groups excluding carboxylic acids is 2. The van der Waals surface area contributed by atoms with Gasteiger partial charge in [-0.3, -0.25) is 9.69 Å². The molecule has 114 valence electrons.